The predicted octanol–water partition coefficient (Wildman–Crippen LogP) is 5.37. The summed E-state index contributed by atoms with van der Waals surface area (Å²) < 4.78 is 55.3. The highest BCUT2D eigenvalue weighted by molar-refractivity contribution is 6.62. The van der Waals surface area contributed by atoms with Crippen molar-refractivity contribution in [3.63, 3.8) is 0 Å². The van der Waals surface area contributed by atoms with Crippen molar-refractivity contribution in [3.8, 4) is 17.3 Å². The highest BCUT2D eigenvalue weighted by atomic mass is 19.4. The van der Waals surface area contributed by atoms with Crippen LogP contribution in [0.1, 0.15) is 55.5 Å². The molecule has 5 nitrogen and oxygen atoms in total. The molecule has 4 rings (SSSR count). The molecule has 0 radical (unpaired) electrons. The molecule has 0 unspecified atom stereocenters. The van der Waals surface area contributed by atoms with Crippen LogP contribution in [0, 0.1) is 25.2 Å². The quantitative estimate of drug-likeness (QED) is 0.445. The SMILES string of the molecule is Cc1ccc(Cn2c(-c3cccc(B4OC(C)(C)C(C)(C)O4)c3)cc(C(F)(F)F)c(C#N)c2=O)c(C)c1. The minimum absolute atomic E-state index is 0.00775. The number of hydrogen-bond donors (Lipinski definition) is 0. The van der Waals surface area contributed by atoms with Crippen LogP contribution in [-0.4, -0.2) is 22.9 Å². The second-order valence-electron chi connectivity index (χ2n) is 10.5. The molecule has 0 spiro atoms. The maximum Gasteiger partial charge on any atom is 0.494 e. The lowest BCUT2D eigenvalue weighted by Crippen LogP contribution is -2.41. The summed E-state index contributed by atoms with van der Waals surface area (Å²) in [5.41, 5.74) is -0.661. The van der Waals surface area contributed by atoms with E-state index >= 15 is 0 Å². The fourth-order valence-electron chi connectivity index (χ4n) is 4.39. The Hall–Kier alpha value is -3.35. The van der Waals surface area contributed by atoms with Gasteiger partial charge in [0, 0.05) is 0 Å². The number of alkyl halides is 3. The minimum atomic E-state index is -4.87. The van der Waals surface area contributed by atoms with Gasteiger partial charge >= 0.3 is 13.3 Å². The summed E-state index contributed by atoms with van der Waals surface area (Å²) in [6.45, 7) is 11.5. The summed E-state index contributed by atoms with van der Waals surface area (Å²) in [7, 11) is -0.732. The van der Waals surface area contributed by atoms with E-state index in [0.717, 1.165) is 22.8 Å². The Morgan fingerprint density at radius 3 is 2.22 bits per heavy atom. The van der Waals surface area contributed by atoms with E-state index < -0.39 is 41.2 Å². The first kappa shape index (κ1) is 26.7. The van der Waals surface area contributed by atoms with Crippen LogP contribution in [0.25, 0.3) is 11.3 Å². The molecule has 0 atom stereocenters. The monoisotopic (exact) mass is 508 g/mol. The van der Waals surface area contributed by atoms with Gasteiger partial charge in [-0.1, -0.05) is 48.0 Å². The minimum Gasteiger partial charge on any atom is -0.399 e. The zero-order valence-corrected chi connectivity index (χ0v) is 21.7. The Balaban J connectivity index is 1.91. The van der Waals surface area contributed by atoms with E-state index in [9.17, 15) is 23.2 Å². The topological polar surface area (TPSA) is 64.2 Å². The number of rotatable bonds is 4. The van der Waals surface area contributed by atoms with Crippen LogP contribution in [0.2, 0.25) is 0 Å². The Morgan fingerprint density at radius 2 is 1.65 bits per heavy atom. The van der Waals surface area contributed by atoms with Crippen molar-refractivity contribution in [2.45, 2.75) is 65.5 Å². The van der Waals surface area contributed by atoms with E-state index in [1.165, 1.54) is 10.6 Å². The third kappa shape index (κ3) is 4.96. The van der Waals surface area contributed by atoms with E-state index in [4.69, 9.17) is 9.31 Å². The largest absolute Gasteiger partial charge is 0.494 e. The number of pyridine rings is 1. The Labute approximate surface area is 214 Å². The zero-order chi connectivity index (χ0) is 27.3. The smallest absolute Gasteiger partial charge is 0.399 e. The summed E-state index contributed by atoms with van der Waals surface area (Å²) in [6.07, 6.45) is -4.87. The number of benzene rings is 2. The van der Waals surface area contributed by atoms with E-state index in [1.54, 1.807) is 24.3 Å². The second-order valence-corrected chi connectivity index (χ2v) is 10.5. The fraction of sp³-hybridized carbons (Fsp3) is 0.357. The Kier molecular flexibility index (Phi) is 6.64. The van der Waals surface area contributed by atoms with E-state index in [2.05, 4.69) is 0 Å². The molecule has 1 saturated heterocycles. The van der Waals surface area contributed by atoms with Gasteiger partial charge < -0.3 is 13.9 Å². The average molecular weight is 508 g/mol. The van der Waals surface area contributed by atoms with Crippen LogP contribution in [-0.2, 0) is 22.0 Å². The molecule has 0 N–H and O–H groups in total. The van der Waals surface area contributed by atoms with Crippen LogP contribution in [0.15, 0.2) is 53.3 Å². The number of halogens is 3. The van der Waals surface area contributed by atoms with E-state index in [-0.39, 0.29) is 12.2 Å². The third-order valence-corrected chi connectivity index (χ3v) is 7.25. The molecule has 2 aromatic carbocycles. The summed E-state index contributed by atoms with van der Waals surface area (Å²) in [6, 6.07) is 14.8. The van der Waals surface area contributed by atoms with Crippen molar-refractivity contribution in [2.75, 3.05) is 0 Å². The molecule has 2 heterocycles. The van der Waals surface area contributed by atoms with Gasteiger partial charge in [0.1, 0.15) is 11.6 Å². The summed E-state index contributed by atoms with van der Waals surface area (Å²) in [5, 5.41) is 9.49. The highest BCUT2D eigenvalue weighted by Gasteiger charge is 2.51. The molecule has 9 heteroatoms. The fourth-order valence-corrected chi connectivity index (χ4v) is 4.39. The van der Waals surface area contributed by atoms with Gasteiger partial charge in [0.25, 0.3) is 5.56 Å². The molecule has 0 saturated carbocycles. The Bertz CT molecular complexity index is 1450. The molecule has 1 aromatic heterocycles. The van der Waals surface area contributed by atoms with Gasteiger partial charge in [-0.25, -0.2) is 0 Å². The van der Waals surface area contributed by atoms with Gasteiger partial charge in [-0.2, -0.15) is 18.4 Å². The third-order valence-electron chi connectivity index (χ3n) is 7.25. The standard InChI is InChI=1S/C28H28BF3N2O3/c1-17-10-11-20(18(2)12-17)16-34-24(14-23(28(30,31)32)22(15-33)25(34)35)19-8-7-9-21(13-19)29-36-26(3,4)27(5,6)37-29/h7-14H,16H2,1-6H3. The van der Waals surface area contributed by atoms with E-state index in [0.29, 0.717) is 11.0 Å². The molecule has 1 aliphatic heterocycles. The molecule has 1 aliphatic rings. The van der Waals surface area contributed by atoms with Crippen LogP contribution >= 0.6 is 0 Å². The molecule has 0 amide bonds. The van der Waals surface area contributed by atoms with Crippen molar-refractivity contribution in [1.29, 1.82) is 5.26 Å². The van der Waals surface area contributed by atoms with Crippen molar-refractivity contribution in [1.82, 2.24) is 4.57 Å². The number of hydrogen-bond acceptors (Lipinski definition) is 4. The second kappa shape index (κ2) is 9.19. The van der Waals surface area contributed by atoms with Gasteiger partial charge in [0.2, 0.25) is 0 Å². The number of nitrogens with zero attached hydrogens (tertiary/aromatic N) is 2. The normalized spacial score (nSPS) is 16.6. The maximum atomic E-state index is 13.9. The van der Waals surface area contributed by atoms with Gasteiger partial charge in [-0.3, -0.25) is 4.79 Å². The average Bonchev–Trinajstić information content (AvgIpc) is 3.02. The first-order chi connectivity index (χ1) is 17.1. The zero-order valence-electron chi connectivity index (χ0n) is 21.7. The van der Waals surface area contributed by atoms with Gasteiger partial charge in [0.15, 0.2) is 0 Å². The Morgan fingerprint density at radius 1 is 1.00 bits per heavy atom. The highest BCUT2D eigenvalue weighted by Crippen LogP contribution is 2.37. The van der Waals surface area contributed by atoms with Crippen molar-refractivity contribution in [3.05, 3.63) is 86.7 Å². The lowest BCUT2D eigenvalue weighted by Gasteiger charge is -2.32. The molecular formula is C28H28BF3N2O3. The van der Waals surface area contributed by atoms with Crippen LogP contribution in [0.4, 0.5) is 13.2 Å². The maximum absolute atomic E-state index is 13.9. The molecule has 1 fully saturated rings. The molecular weight excluding hydrogens is 480 g/mol. The lowest BCUT2D eigenvalue weighted by molar-refractivity contribution is -0.137. The predicted molar refractivity (Wildman–Crippen MR) is 137 cm³/mol. The molecule has 0 bridgehead atoms. The van der Waals surface area contributed by atoms with Crippen LogP contribution in [0.3, 0.4) is 0 Å². The first-order valence-corrected chi connectivity index (χ1v) is 11.9. The molecule has 192 valence electrons. The summed E-state index contributed by atoms with van der Waals surface area (Å²) in [5.74, 6) is 0. The first-order valence-electron chi connectivity index (χ1n) is 11.9. The number of nitriles is 1. The van der Waals surface area contributed by atoms with E-state index in [1.807, 2.05) is 59.7 Å². The molecule has 0 aliphatic carbocycles. The number of aromatic nitrogens is 1. The molecule has 3 aromatic rings. The molecule has 37 heavy (non-hydrogen) atoms. The number of aryl methyl sites for hydroxylation is 2. The van der Waals surface area contributed by atoms with Crippen LogP contribution in [0.5, 0.6) is 0 Å². The van der Waals surface area contributed by atoms with Gasteiger partial charge in [-0.15, -0.1) is 0 Å². The van der Waals surface area contributed by atoms with Gasteiger partial charge in [0.05, 0.1) is 29.0 Å². The van der Waals surface area contributed by atoms with Crippen molar-refractivity contribution >= 4 is 12.6 Å². The van der Waals surface area contributed by atoms with Crippen molar-refractivity contribution < 1.29 is 22.5 Å². The van der Waals surface area contributed by atoms with Crippen LogP contribution < -0.4 is 11.0 Å². The lowest BCUT2D eigenvalue weighted by atomic mass is 9.78. The summed E-state index contributed by atoms with van der Waals surface area (Å²) >= 11 is 0. The van der Waals surface area contributed by atoms with Gasteiger partial charge in [-0.05, 0) is 69.8 Å². The summed E-state index contributed by atoms with van der Waals surface area (Å²) in [4.78, 5) is 13.3. The van der Waals surface area contributed by atoms with Crippen molar-refractivity contribution in [2.24, 2.45) is 0 Å².